The lowest BCUT2D eigenvalue weighted by Gasteiger charge is -2.40. The summed E-state index contributed by atoms with van der Waals surface area (Å²) in [7, 11) is -4.18. The number of nitro groups is 1. The molecule has 0 bridgehead atoms. The number of piperidine rings is 1. The first-order valence-electron chi connectivity index (χ1n) is 10.6. The van der Waals surface area contributed by atoms with Gasteiger partial charge in [-0.3, -0.25) is 14.4 Å². The number of anilines is 1. The average Bonchev–Trinajstić information content (AvgIpc) is 3.52. The molecule has 164 valence electrons. The minimum absolute atomic E-state index is 0.178. The minimum Gasteiger partial charge on any atom is -0.303 e. The van der Waals surface area contributed by atoms with Crippen molar-refractivity contribution < 1.29 is 17.7 Å². The molecule has 0 amide bonds. The number of para-hydroxylation sites is 1. The summed E-state index contributed by atoms with van der Waals surface area (Å²) in [5.74, 6) is 0.376. The van der Waals surface area contributed by atoms with Crippen molar-refractivity contribution in [2.75, 3.05) is 30.5 Å². The summed E-state index contributed by atoms with van der Waals surface area (Å²) in [6, 6.07) is 9.57. The Morgan fingerprint density at radius 3 is 2.52 bits per heavy atom. The highest BCUT2D eigenvalue weighted by Crippen LogP contribution is 2.49. The molecule has 0 unspecified atom stereocenters. The van der Waals surface area contributed by atoms with Gasteiger partial charge in [-0.1, -0.05) is 12.1 Å². The maximum atomic E-state index is 14.2. The SMILES string of the molecule is O=[N+]([O-])c1ccccc1S(=O)(=O)N1CC2(CCN(CC3CC3)CC2)c2cc(F)ccc21. The first-order chi connectivity index (χ1) is 14.8. The molecular formula is C22H24FN3O4S. The van der Waals surface area contributed by atoms with Crippen molar-refractivity contribution >= 4 is 21.4 Å². The van der Waals surface area contributed by atoms with Gasteiger partial charge in [-0.05, 0) is 74.5 Å². The predicted molar refractivity (Wildman–Crippen MR) is 114 cm³/mol. The highest BCUT2D eigenvalue weighted by atomic mass is 32.2. The second-order valence-electron chi connectivity index (χ2n) is 8.92. The van der Waals surface area contributed by atoms with Gasteiger partial charge < -0.3 is 4.90 Å². The van der Waals surface area contributed by atoms with Crippen LogP contribution in [0.3, 0.4) is 0 Å². The van der Waals surface area contributed by atoms with Crippen LogP contribution in [-0.2, 0) is 15.4 Å². The number of nitro benzene ring substituents is 1. The van der Waals surface area contributed by atoms with Gasteiger partial charge in [0.25, 0.3) is 15.7 Å². The Hall–Kier alpha value is -2.52. The van der Waals surface area contributed by atoms with E-state index in [-0.39, 0.29) is 11.4 Å². The van der Waals surface area contributed by atoms with Crippen LogP contribution in [0.2, 0.25) is 0 Å². The Balaban J connectivity index is 1.52. The largest absolute Gasteiger partial charge is 0.303 e. The lowest BCUT2D eigenvalue weighted by atomic mass is 9.74. The number of nitrogens with zero attached hydrogens (tertiary/aromatic N) is 3. The van der Waals surface area contributed by atoms with Gasteiger partial charge in [0.2, 0.25) is 0 Å². The molecule has 1 saturated heterocycles. The van der Waals surface area contributed by atoms with Crippen molar-refractivity contribution in [1.82, 2.24) is 4.90 Å². The monoisotopic (exact) mass is 445 g/mol. The zero-order valence-electron chi connectivity index (χ0n) is 17.0. The maximum Gasteiger partial charge on any atom is 0.289 e. The number of rotatable bonds is 5. The number of hydrogen-bond acceptors (Lipinski definition) is 5. The van der Waals surface area contributed by atoms with Crippen LogP contribution in [0.1, 0.15) is 31.2 Å². The number of hydrogen-bond donors (Lipinski definition) is 0. The molecular weight excluding hydrogens is 421 g/mol. The van der Waals surface area contributed by atoms with Gasteiger partial charge in [0.1, 0.15) is 5.82 Å². The zero-order valence-corrected chi connectivity index (χ0v) is 17.9. The van der Waals surface area contributed by atoms with Crippen LogP contribution in [0.4, 0.5) is 15.8 Å². The predicted octanol–water partition coefficient (Wildman–Crippen LogP) is 3.69. The second kappa shape index (κ2) is 7.27. The van der Waals surface area contributed by atoms with E-state index in [0.717, 1.165) is 38.4 Å². The van der Waals surface area contributed by atoms with Crippen molar-refractivity contribution in [3.63, 3.8) is 0 Å². The van der Waals surface area contributed by atoms with E-state index in [1.807, 2.05) is 0 Å². The van der Waals surface area contributed by atoms with Crippen molar-refractivity contribution in [1.29, 1.82) is 0 Å². The molecule has 2 aliphatic heterocycles. The highest BCUT2D eigenvalue weighted by molar-refractivity contribution is 7.93. The van der Waals surface area contributed by atoms with Gasteiger partial charge >= 0.3 is 0 Å². The third-order valence-corrected chi connectivity index (χ3v) is 8.71. The molecule has 1 spiro atoms. The summed E-state index contributed by atoms with van der Waals surface area (Å²) in [6.45, 7) is 2.93. The molecule has 2 aromatic rings. The second-order valence-corrected chi connectivity index (χ2v) is 10.8. The summed E-state index contributed by atoms with van der Waals surface area (Å²) < 4.78 is 42.6. The first-order valence-corrected chi connectivity index (χ1v) is 12.0. The third kappa shape index (κ3) is 3.49. The van der Waals surface area contributed by atoms with Crippen molar-refractivity contribution in [2.45, 2.75) is 36.0 Å². The molecule has 0 radical (unpaired) electrons. The lowest BCUT2D eigenvalue weighted by Crippen LogP contribution is -2.46. The molecule has 3 aliphatic rings. The number of benzene rings is 2. The number of sulfonamides is 1. The van der Waals surface area contributed by atoms with E-state index in [9.17, 15) is 22.9 Å². The fourth-order valence-corrected chi connectivity index (χ4v) is 6.74. The molecule has 0 atom stereocenters. The van der Waals surface area contributed by atoms with E-state index < -0.39 is 31.9 Å². The lowest BCUT2D eigenvalue weighted by molar-refractivity contribution is -0.387. The average molecular weight is 446 g/mol. The third-order valence-electron chi connectivity index (χ3n) is 6.90. The topological polar surface area (TPSA) is 83.8 Å². The van der Waals surface area contributed by atoms with Crippen LogP contribution in [0.15, 0.2) is 47.4 Å². The smallest absolute Gasteiger partial charge is 0.289 e. The van der Waals surface area contributed by atoms with Crippen LogP contribution in [0, 0.1) is 21.8 Å². The van der Waals surface area contributed by atoms with E-state index >= 15 is 0 Å². The summed E-state index contributed by atoms with van der Waals surface area (Å²) in [5, 5.41) is 11.5. The molecule has 1 saturated carbocycles. The molecule has 1 aliphatic carbocycles. The normalized spacial score (nSPS) is 20.7. The molecule has 2 fully saturated rings. The molecule has 5 rings (SSSR count). The van der Waals surface area contributed by atoms with Gasteiger partial charge in [-0.25, -0.2) is 12.8 Å². The Labute approximate surface area is 180 Å². The standard InChI is InChI=1S/C22H24FN3O4S/c23-17-7-8-19-18(13-17)22(9-11-24(12-10-22)14-16-5-6-16)15-25(19)31(29,30)21-4-2-1-3-20(21)26(27)28/h1-4,7-8,13,16H,5-6,9-12,14-15H2. The molecule has 9 heteroatoms. The molecule has 0 aromatic heterocycles. The maximum absolute atomic E-state index is 14.2. The molecule has 0 N–H and O–H groups in total. The fourth-order valence-electron chi connectivity index (χ4n) is 5.01. The Morgan fingerprint density at radius 2 is 1.84 bits per heavy atom. The Bertz CT molecular complexity index is 1140. The van der Waals surface area contributed by atoms with Gasteiger partial charge in [0.15, 0.2) is 4.90 Å². The number of fused-ring (bicyclic) bond motifs is 2. The quantitative estimate of drug-likeness (QED) is 0.518. The van der Waals surface area contributed by atoms with Gasteiger partial charge in [0, 0.05) is 24.6 Å². The minimum atomic E-state index is -4.18. The number of halogens is 1. The van der Waals surface area contributed by atoms with E-state index in [4.69, 9.17) is 0 Å². The van der Waals surface area contributed by atoms with Crippen LogP contribution in [0.25, 0.3) is 0 Å². The molecule has 31 heavy (non-hydrogen) atoms. The van der Waals surface area contributed by atoms with E-state index in [1.54, 1.807) is 0 Å². The van der Waals surface area contributed by atoms with Gasteiger partial charge in [-0.15, -0.1) is 0 Å². The molecule has 2 aromatic carbocycles. The van der Waals surface area contributed by atoms with Crippen molar-refractivity contribution in [3.05, 3.63) is 64.0 Å². The van der Waals surface area contributed by atoms with Gasteiger partial charge in [0.05, 0.1) is 10.6 Å². The van der Waals surface area contributed by atoms with Crippen LogP contribution in [0.5, 0.6) is 0 Å². The molecule has 7 nitrogen and oxygen atoms in total. The summed E-state index contributed by atoms with van der Waals surface area (Å²) in [4.78, 5) is 12.9. The summed E-state index contributed by atoms with van der Waals surface area (Å²) in [6.07, 6.45) is 4.02. The fraction of sp³-hybridized carbons (Fsp3) is 0.455. The summed E-state index contributed by atoms with van der Waals surface area (Å²) in [5.41, 5.74) is 0.191. The molecule has 2 heterocycles. The highest BCUT2D eigenvalue weighted by Gasteiger charge is 2.49. The van der Waals surface area contributed by atoms with Crippen molar-refractivity contribution in [2.24, 2.45) is 5.92 Å². The Morgan fingerprint density at radius 1 is 1.13 bits per heavy atom. The summed E-state index contributed by atoms with van der Waals surface area (Å²) >= 11 is 0. The number of likely N-dealkylation sites (tertiary alicyclic amines) is 1. The van der Waals surface area contributed by atoms with Crippen LogP contribution >= 0.6 is 0 Å². The Kier molecular flexibility index (Phi) is 4.78. The van der Waals surface area contributed by atoms with Crippen molar-refractivity contribution in [3.8, 4) is 0 Å². The zero-order chi connectivity index (χ0) is 21.8. The van der Waals surface area contributed by atoms with E-state index in [2.05, 4.69) is 4.90 Å². The van der Waals surface area contributed by atoms with Crippen LogP contribution < -0.4 is 4.31 Å². The van der Waals surface area contributed by atoms with E-state index in [0.29, 0.717) is 11.3 Å². The van der Waals surface area contributed by atoms with E-state index in [1.165, 1.54) is 59.6 Å². The first kappa shape index (κ1) is 20.4. The van der Waals surface area contributed by atoms with Crippen LogP contribution in [-0.4, -0.2) is 44.4 Å². The van der Waals surface area contributed by atoms with Gasteiger partial charge in [-0.2, -0.15) is 0 Å².